The highest BCUT2D eigenvalue weighted by Crippen LogP contribution is 2.34. The Balaban J connectivity index is 1.75. The zero-order valence-electron chi connectivity index (χ0n) is 13.7. The number of hydrogen-bond acceptors (Lipinski definition) is 2. The van der Waals surface area contributed by atoms with Crippen molar-refractivity contribution in [1.82, 2.24) is 0 Å². The number of carbonyl (C=O) groups excluding carboxylic acids is 1. The van der Waals surface area contributed by atoms with Gasteiger partial charge in [-0.25, -0.2) is 4.39 Å². The van der Waals surface area contributed by atoms with Gasteiger partial charge < -0.3 is 4.74 Å². The molecule has 0 aromatic carbocycles. The zero-order chi connectivity index (χ0) is 15.2. The highest BCUT2D eigenvalue weighted by molar-refractivity contribution is 5.72. The summed E-state index contributed by atoms with van der Waals surface area (Å²) in [5, 5.41) is 0. The average molecular weight is 298 g/mol. The first-order valence-electron chi connectivity index (χ1n) is 8.98. The first-order chi connectivity index (χ1) is 10.1. The van der Waals surface area contributed by atoms with Crippen LogP contribution >= 0.6 is 0 Å². The molecule has 2 aliphatic rings. The molecule has 0 aromatic rings. The second kappa shape index (κ2) is 8.14. The maximum Gasteiger partial charge on any atom is 0.309 e. The predicted molar refractivity (Wildman–Crippen MR) is 82.8 cm³/mol. The van der Waals surface area contributed by atoms with Crippen LogP contribution in [0.3, 0.4) is 0 Å². The number of hydrogen-bond donors (Lipinski definition) is 0. The molecule has 0 aromatic heterocycles. The van der Waals surface area contributed by atoms with Gasteiger partial charge in [0.15, 0.2) is 0 Å². The van der Waals surface area contributed by atoms with Crippen molar-refractivity contribution in [1.29, 1.82) is 0 Å². The second-order valence-corrected chi connectivity index (χ2v) is 7.08. The molecule has 0 bridgehead atoms. The van der Waals surface area contributed by atoms with Crippen molar-refractivity contribution in [2.24, 2.45) is 17.8 Å². The van der Waals surface area contributed by atoms with E-state index in [-0.39, 0.29) is 11.9 Å². The van der Waals surface area contributed by atoms with Crippen molar-refractivity contribution >= 4 is 5.97 Å². The molecule has 2 nitrogen and oxygen atoms in total. The number of ether oxygens (including phenoxy) is 1. The van der Waals surface area contributed by atoms with Crippen molar-refractivity contribution in [2.45, 2.75) is 90.3 Å². The summed E-state index contributed by atoms with van der Waals surface area (Å²) >= 11 is 0. The molecule has 122 valence electrons. The number of rotatable bonds is 5. The van der Waals surface area contributed by atoms with Gasteiger partial charge in [-0.3, -0.25) is 4.79 Å². The minimum absolute atomic E-state index is 0.0216. The van der Waals surface area contributed by atoms with Gasteiger partial charge in [0.2, 0.25) is 0 Å². The molecule has 2 rings (SSSR count). The third kappa shape index (κ3) is 4.69. The highest BCUT2D eigenvalue weighted by atomic mass is 19.1. The Bertz CT molecular complexity index is 323. The van der Waals surface area contributed by atoms with Crippen LogP contribution in [0.25, 0.3) is 0 Å². The predicted octanol–water partition coefficient (Wildman–Crippen LogP) is 5.05. The molecule has 3 unspecified atom stereocenters. The van der Waals surface area contributed by atoms with Crippen LogP contribution in [0.5, 0.6) is 0 Å². The summed E-state index contributed by atoms with van der Waals surface area (Å²) in [5.74, 6) is 1.15. The first kappa shape index (κ1) is 16.8. The lowest BCUT2D eigenvalue weighted by molar-refractivity contribution is -0.161. The van der Waals surface area contributed by atoms with Crippen molar-refractivity contribution < 1.29 is 13.9 Å². The van der Waals surface area contributed by atoms with Gasteiger partial charge in [-0.15, -0.1) is 0 Å². The topological polar surface area (TPSA) is 26.3 Å². The molecule has 2 saturated carbocycles. The van der Waals surface area contributed by atoms with E-state index in [1.807, 2.05) is 0 Å². The Morgan fingerprint density at radius 1 is 1.05 bits per heavy atom. The number of halogens is 1. The zero-order valence-corrected chi connectivity index (χ0v) is 13.7. The van der Waals surface area contributed by atoms with Gasteiger partial charge in [0.05, 0.1) is 5.92 Å². The van der Waals surface area contributed by atoms with Gasteiger partial charge in [0.1, 0.15) is 12.3 Å². The van der Waals surface area contributed by atoms with Gasteiger partial charge in [0.25, 0.3) is 0 Å². The van der Waals surface area contributed by atoms with E-state index in [2.05, 4.69) is 13.8 Å². The minimum atomic E-state index is -0.953. The highest BCUT2D eigenvalue weighted by Gasteiger charge is 2.35. The molecule has 2 fully saturated rings. The van der Waals surface area contributed by atoms with Crippen molar-refractivity contribution in [3.05, 3.63) is 0 Å². The number of alkyl halides is 1. The van der Waals surface area contributed by atoms with Crippen LogP contribution in [0, 0.1) is 17.8 Å². The third-order valence-corrected chi connectivity index (χ3v) is 5.54. The smallest absolute Gasteiger partial charge is 0.309 e. The van der Waals surface area contributed by atoms with Crippen molar-refractivity contribution in [3.8, 4) is 0 Å². The van der Waals surface area contributed by atoms with Gasteiger partial charge in [-0.1, -0.05) is 33.1 Å². The Morgan fingerprint density at radius 3 is 2.29 bits per heavy atom. The Morgan fingerprint density at radius 2 is 1.71 bits per heavy atom. The normalized spacial score (nSPS) is 37.2. The van der Waals surface area contributed by atoms with Crippen LogP contribution in [-0.2, 0) is 9.53 Å². The summed E-state index contributed by atoms with van der Waals surface area (Å²) in [6.07, 6.45) is 8.39. The van der Waals surface area contributed by atoms with E-state index in [0.29, 0.717) is 18.8 Å². The summed E-state index contributed by atoms with van der Waals surface area (Å²) < 4.78 is 19.7. The standard InChI is InChI=1S/C18H31FO2/c1-3-5-14-8-11-17(16(19)12-14)21-18(20)15-9-6-13(4-2)7-10-15/h13-17H,3-12H2,1-2H3. The molecule has 0 amide bonds. The van der Waals surface area contributed by atoms with Gasteiger partial charge in [-0.2, -0.15) is 0 Å². The van der Waals surface area contributed by atoms with E-state index in [9.17, 15) is 9.18 Å². The number of esters is 1. The van der Waals surface area contributed by atoms with E-state index in [1.165, 1.54) is 6.42 Å². The lowest BCUT2D eigenvalue weighted by Crippen LogP contribution is -2.37. The van der Waals surface area contributed by atoms with Gasteiger partial charge in [-0.05, 0) is 56.8 Å². The summed E-state index contributed by atoms with van der Waals surface area (Å²) in [6, 6.07) is 0. The Kier molecular flexibility index (Phi) is 6.50. The quantitative estimate of drug-likeness (QED) is 0.664. The van der Waals surface area contributed by atoms with E-state index in [4.69, 9.17) is 4.74 Å². The van der Waals surface area contributed by atoms with Crippen molar-refractivity contribution in [2.75, 3.05) is 0 Å². The Hall–Kier alpha value is -0.600. The van der Waals surface area contributed by atoms with E-state index >= 15 is 0 Å². The van der Waals surface area contributed by atoms with Crippen LogP contribution in [0.1, 0.15) is 78.1 Å². The fraction of sp³-hybridized carbons (Fsp3) is 0.944. The molecule has 0 aliphatic heterocycles. The molecule has 0 radical (unpaired) electrons. The van der Waals surface area contributed by atoms with Gasteiger partial charge >= 0.3 is 5.97 Å². The molecule has 0 heterocycles. The van der Waals surface area contributed by atoms with E-state index in [1.54, 1.807) is 0 Å². The Labute approximate surface area is 128 Å². The largest absolute Gasteiger partial charge is 0.459 e. The van der Waals surface area contributed by atoms with Crippen LogP contribution in [0.4, 0.5) is 4.39 Å². The lowest BCUT2D eigenvalue weighted by Gasteiger charge is -2.33. The van der Waals surface area contributed by atoms with Crippen LogP contribution in [-0.4, -0.2) is 18.2 Å². The molecule has 0 spiro atoms. The first-order valence-corrected chi connectivity index (χ1v) is 8.98. The van der Waals surface area contributed by atoms with Gasteiger partial charge in [0, 0.05) is 0 Å². The molecule has 0 N–H and O–H groups in total. The maximum absolute atomic E-state index is 14.2. The SMILES string of the molecule is CCCC1CCC(OC(=O)C2CCC(CC)CC2)C(F)C1. The van der Waals surface area contributed by atoms with Crippen LogP contribution < -0.4 is 0 Å². The molecule has 2 aliphatic carbocycles. The second-order valence-electron chi connectivity index (χ2n) is 7.08. The molecule has 0 saturated heterocycles. The summed E-state index contributed by atoms with van der Waals surface area (Å²) in [5.41, 5.74) is 0. The molecule has 21 heavy (non-hydrogen) atoms. The maximum atomic E-state index is 14.2. The van der Waals surface area contributed by atoms with Crippen molar-refractivity contribution in [3.63, 3.8) is 0 Å². The molecular formula is C18H31FO2. The summed E-state index contributed by atoms with van der Waals surface area (Å²) in [7, 11) is 0. The third-order valence-electron chi connectivity index (χ3n) is 5.54. The fourth-order valence-corrected chi connectivity index (χ4v) is 4.02. The summed E-state index contributed by atoms with van der Waals surface area (Å²) in [4.78, 5) is 12.2. The number of carbonyl (C=O) groups is 1. The summed E-state index contributed by atoms with van der Waals surface area (Å²) in [6.45, 7) is 4.36. The molecule has 3 atom stereocenters. The van der Waals surface area contributed by atoms with Crippen LogP contribution in [0.15, 0.2) is 0 Å². The molecule has 3 heteroatoms. The monoisotopic (exact) mass is 298 g/mol. The fourth-order valence-electron chi connectivity index (χ4n) is 4.02. The minimum Gasteiger partial charge on any atom is -0.459 e. The van der Waals surface area contributed by atoms with E-state index in [0.717, 1.165) is 50.9 Å². The molecular weight excluding hydrogens is 267 g/mol. The lowest BCUT2D eigenvalue weighted by atomic mass is 9.80. The van der Waals surface area contributed by atoms with Crippen LogP contribution in [0.2, 0.25) is 0 Å². The van der Waals surface area contributed by atoms with E-state index < -0.39 is 12.3 Å². The average Bonchev–Trinajstić information content (AvgIpc) is 2.50.